The molecule has 0 spiro atoms. The largest absolute Gasteiger partial charge is 0.496 e. The zero-order valence-electron chi connectivity index (χ0n) is 19.9. The number of amides is 1. The van der Waals surface area contributed by atoms with Gasteiger partial charge in [0.05, 0.1) is 12.5 Å². The van der Waals surface area contributed by atoms with E-state index < -0.39 is 11.7 Å². The molecule has 2 heterocycles. The third-order valence-electron chi connectivity index (χ3n) is 5.88. The number of nitrogens with zero attached hydrogens (tertiary/aromatic N) is 4. The number of anilines is 1. The topological polar surface area (TPSA) is 108 Å². The van der Waals surface area contributed by atoms with Crippen LogP contribution in [0.5, 0.6) is 5.75 Å². The van der Waals surface area contributed by atoms with Gasteiger partial charge >= 0.3 is 0 Å². The van der Waals surface area contributed by atoms with Gasteiger partial charge in [0.2, 0.25) is 0 Å². The second kappa shape index (κ2) is 10.9. The Balaban J connectivity index is 1.52. The minimum Gasteiger partial charge on any atom is -0.496 e. The molecule has 8 nitrogen and oxygen atoms in total. The van der Waals surface area contributed by atoms with Crippen LogP contribution in [0.25, 0.3) is 22.3 Å². The first-order valence-electron chi connectivity index (χ1n) is 11.7. The third-order valence-corrected chi connectivity index (χ3v) is 5.88. The molecular weight excluding hydrogens is 447 g/mol. The number of aromatic nitrogens is 4. The highest BCUT2D eigenvalue weighted by atomic mass is 19.1. The number of nitrogen functional groups attached to an aromatic ring is 1. The summed E-state index contributed by atoms with van der Waals surface area (Å²) in [6, 6.07) is 11.9. The number of rotatable bonds is 10. The van der Waals surface area contributed by atoms with Gasteiger partial charge in [-0.25, -0.2) is 19.0 Å². The Labute approximate surface area is 203 Å². The van der Waals surface area contributed by atoms with Crippen molar-refractivity contribution in [2.45, 2.75) is 45.7 Å². The monoisotopic (exact) mass is 476 g/mol. The average molecular weight is 477 g/mol. The predicted molar refractivity (Wildman–Crippen MR) is 133 cm³/mol. The van der Waals surface area contributed by atoms with Crippen molar-refractivity contribution in [1.29, 1.82) is 0 Å². The molecule has 35 heavy (non-hydrogen) atoms. The van der Waals surface area contributed by atoms with Crippen LogP contribution in [0.4, 0.5) is 10.2 Å². The molecular formula is C26H29FN6O2. The van der Waals surface area contributed by atoms with Crippen LogP contribution in [-0.2, 0) is 13.1 Å². The number of carbonyl (C=O) groups excluding carboxylic acids is 1. The number of hydrogen-bond acceptors (Lipinski definition) is 6. The summed E-state index contributed by atoms with van der Waals surface area (Å²) in [4.78, 5) is 21.1. The summed E-state index contributed by atoms with van der Waals surface area (Å²) in [5.41, 5.74) is 9.25. The lowest BCUT2D eigenvalue weighted by Crippen LogP contribution is -2.24. The normalized spacial score (nSPS) is 11.1. The molecule has 1 amide bonds. The van der Waals surface area contributed by atoms with Crippen LogP contribution in [-0.4, -0.2) is 32.8 Å². The molecule has 0 saturated heterocycles. The van der Waals surface area contributed by atoms with E-state index in [-0.39, 0.29) is 17.9 Å². The lowest BCUT2D eigenvalue weighted by atomic mass is 10.1. The zero-order valence-corrected chi connectivity index (χ0v) is 19.9. The van der Waals surface area contributed by atoms with Crippen molar-refractivity contribution in [1.82, 2.24) is 25.1 Å². The van der Waals surface area contributed by atoms with E-state index in [0.29, 0.717) is 5.82 Å². The average Bonchev–Trinajstić information content (AvgIpc) is 3.25. The lowest BCUT2D eigenvalue weighted by Gasteiger charge is -2.10. The van der Waals surface area contributed by atoms with E-state index in [2.05, 4.69) is 22.2 Å². The van der Waals surface area contributed by atoms with Gasteiger partial charge in [0, 0.05) is 18.7 Å². The molecule has 9 heteroatoms. The number of benzene rings is 2. The molecule has 2 aromatic heterocycles. The number of nitrogens with two attached hydrogens (primary N) is 1. The summed E-state index contributed by atoms with van der Waals surface area (Å²) >= 11 is 0. The van der Waals surface area contributed by atoms with Crippen molar-refractivity contribution in [2.75, 3.05) is 12.8 Å². The van der Waals surface area contributed by atoms with E-state index in [0.717, 1.165) is 47.2 Å². The third kappa shape index (κ3) is 5.24. The Bertz CT molecular complexity index is 1320. The Kier molecular flexibility index (Phi) is 7.54. The first-order valence-corrected chi connectivity index (χ1v) is 11.7. The molecule has 0 bridgehead atoms. The van der Waals surface area contributed by atoms with Gasteiger partial charge in [0.25, 0.3) is 5.91 Å². The highest BCUT2D eigenvalue weighted by molar-refractivity contribution is 5.98. The predicted octanol–water partition coefficient (Wildman–Crippen LogP) is 4.73. The van der Waals surface area contributed by atoms with Crippen LogP contribution in [0.1, 0.15) is 48.5 Å². The molecule has 4 rings (SSSR count). The summed E-state index contributed by atoms with van der Waals surface area (Å²) in [5.74, 6) is -0.592. The summed E-state index contributed by atoms with van der Waals surface area (Å²) in [6.45, 7) is 3.17. The minimum atomic E-state index is -0.630. The van der Waals surface area contributed by atoms with Gasteiger partial charge in [-0.3, -0.25) is 4.79 Å². The molecule has 0 aliphatic carbocycles. The summed E-state index contributed by atoms with van der Waals surface area (Å²) in [7, 11) is 1.40. The smallest absolute Gasteiger partial charge is 0.258 e. The van der Waals surface area contributed by atoms with E-state index in [1.54, 1.807) is 6.07 Å². The van der Waals surface area contributed by atoms with Gasteiger partial charge in [-0.15, -0.1) is 0 Å². The van der Waals surface area contributed by atoms with Crippen LogP contribution in [0, 0.1) is 5.82 Å². The Morgan fingerprint density at radius 1 is 1.11 bits per heavy atom. The maximum Gasteiger partial charge on any atom is 0.258 e. The zero-order chi connectivity index (χ0) is 24.8. The molecule has 3 N–H and O–H groups in total. The molecule has 0 aliphatic heterocycles. The van der Waals surface area contributed by atoms with Crippen LogP contribution in [0.15, 0.2) is 48.8 Å². The van der Waals surface area contributed by atoms with Crippen molar-refractivity contribution in [3.63, 3.8) is 0 Å². The Morgan fingerprint density at radius 2 is 1.91 bits per heavy atom. The first kappa shape index (κ1) is 24.1. The van der Waals surface area contributed by atoms with Crippen molar-refractivity contribution in [3.05, 3.63) is 65.7 Å². The molecule has 0 saturated carbocycles. The number of hydrogen-bond donors (Lipinski definition) is 2. The van der Waals surface area contributed by atoms with Gasteiger partial charge in [-0.2, -0.15) is 5.10 Å². The number of carbonyl (C=O) groups is 1. The molecule has 0 fully saturated rings. The maximum atomic E-state index is 14.2. The maximum absolute atomic E-state index is 14.2. The highest BCUT2D eigenvalue weighted by Crippen LogP contribution is 2.30. The van der Waals surface area contributed by atoms with E-state index >= 15 is 0 Å². The Morgan fingerprint density at radius 3 is 2.66 bits per heavy atom. The molecule has 0 atom stereocenters. The van der Waals surface area contributed by atoms with E-state index in [1.807, 2.05) is 28.9 Å². The standard InChI is InChI=1S/C26H29FN6O2/c1-3-4-5-6-14-33-25-22(24(28)30-16-31-25)23(32-33)18-12-10-17(11-13-18)15-29-26(34)21-19(27)8-7-9-20(21)35-2/h7-13,16H,3-6,14-15H2,1-2H3,(H,29,34)(H2,28,30,31). The van der Waals surface area contributed by atoms with Crippen LogP contribution >= 0.6 is 0 Å². The van der Waals surface area contributed by atoms with Crippen molar-refractivity contribution in [3.8, 4) is 17.0 Å². The molecule has 0 unspecified atom stereocenters. The molecule has 182 valence electrons. The number of halogens is 1. The minimum absolute atomic E-state index is 0.113. The number of ether oxygens (including phenoxy) is 1. The summed E-state index contributed by atoms with van der Waals surface area (Å²) in [6.07, 6.45) is 5.96. The van der Waals surface area contributed by atoms with Gasteiger partial charge in [0.15, 0.2) is 5.65 Å². The van der Waals surface area contributed by atoms with Crippen molar-refractivity contribution in [2.24, 2.45) is 0 Å². The fourth-order valence-corrected chi connectivity index (χ4v) is 4.02. The van der Waals surface area contributed by atoms with Crippen LogP contribution < -0.4 is 15.8 Å². The van der Waals surface area contributed by atoms with Crippen LogP contribution in [0.2, 0.25) is 0 Å². The number of fused-ring (bicyclic) bond motifs is 1. The second-order valence-electron chi connectivity index (χ2n) is 8.29. The summed E-state index contributed by atoms with van der Waals surface area (Å²) < 4.78 is 21.2. The van der Waals surface area contributed by atoms with Crippen molar-refractivity contribution < 1.29 is 13.9 Å². The number of aryl methyl sites for hydroxylation is 1. The number of methoxy groups -OCH3 is 1. The highest BCUT2D eigenvalue weighted by Gasteiger charge is 2.18. The van der Waals surface area contributed by atoms with Gasteiger partial charge in [-0.1, -0.05) is 56.5 Å². The summed E-state index contributed by atoms with van der Waals surface area (Å²) in [5, 5.41) is 8.28. The quantitative estimate of drug-likeness (QED) is 0.320. The van der Waals surface area contributed by atoms with Gasteiger partial charge < -0.3 is 15.8 Å². The first-order chi connectivity index (χ1) is 17.0. The Hall–Kier alpha value is -4.01. The second-order valence-corrected chi connectivity index (χ2v) is 8.29. The lowest BCUT2D eigenvalue weighted by molar-refractivity contribution is 0.0943. The van der Waals surface area contributed by atoms with Gasteiger partial charge in [0.1, 0.15) is 35.0 Å². The fraction of sp³-hybridized carbons (Fsp3) is 0.308. The van der Waals surface area contributed by atoms with E-state index in [9.17, 15) is 9.18 Å². The molecule has 0 aliphatic rings. The number of nitrogens with one attached hydrogen (secondary N) is 1. The van der Waals surface area contributed by atoms with Crippen molar-refractivity contribution >= 4 is 22.8 Å². The molecule has 2 aromatic carbocycles. The SMILES string of the molecule is CCCCCCn1nc(-c2ccc(CNC(=O)c3c(F)cccc3OC)cc2)c2c(N)ncnc21. The molecule has 4 aromatic rings. The van der Waals surface area contributed by atoms with E-state index in [4.69, 9.17) is 15.6 Å². The van der Waals surface area contributed by atoms with E-state index in [1.165, 1.54) is 38.4 Å². The van der Waals surface area contributed by atoms with Gasteiger partial charge in [-0.05, 0) is 24.1 Å². The van der Waals surface area contributed by atoms with Crippen LogP contribution in [0.3, 0.4) is 0 Å². The molecule has 0 radical (unpaired) electrons. The number of unbranched alkanes of at least 4 members (excludes halogenated alkanes) is 3. The fourth-order valence-electron chi connectivity index (χ4n) is 4.02.